The lowest BCUT2D eigenvalue weighted by molar-refractivity contribution is 0.0697. The average Bonchev–Trinajstić information content (AvgIpc) is 2.46. The molecule has 0 aliphatic rings. The van der Waals surface area contributed by atoms with Crippen molar-refractivity contribution in [2.75, 3.05) is 0 Å². The molecular formula is C16H11NO2. The highest BCUT2D eigenvalue weighted by Crippen LogP contribution is 2.29. The van der Waals surface area contributed by atoms with Crippen LogP contribution in [0, 0.1) is 0 Å². The van der Waals surface area contributed by atoms with Crippen LogP contribution in [-0.4, -0.2) is 16.1 Å². The van der Waals surface area contributed by atoms with Crippen molar-refractivity contribution in [2.45, 2.75) is 0 Å². The first-order valence-electron chi connectivity index (χ1n) is 5.94. The van der Waals surface area contributed by atoms with Gasteiger partial charge in [0.2, 0.25) is 0 Å². The minimum atomic E-state index is -0.962. The first kappa shape index (κ1) is 11.4. The van der Waals surface area contributed by atoms with E-state index in [1.807, 2.05) is 42.5 Å². The van der Waals surface area contributed by atoms with Crippen LogP contribution >= 0.6 is 0 Å². The third-order valence-corrected chi connectivity index (χ3v) is 3.08. The van der Waals surface area contributed by atoms with E-state index in [9.17, 15) is 9.90 Å². The standard InChI is InChI=1S/C16H11NO2/c18-16(19)14-9-4-10-17-15(14)13-8-3-6-11-5-1-2-7-12(11)13/h1-10H,(H,18,19). The van der Waals surface area contributed by atoms with E-state index in [0.717, 1.165) is 16.3 Å². The monoisotopic (exact) mass is 249 g/mol. The van der Waals surface area contributed by atoms with Crippen molar-refractivity contribution in [3.05, 3.63) is 66.4 Å². The Morgan fingerprint density at radius 3 is 2.58 bits per heavy atom. The molecule has 3 rings (SSSR count). The molecular weight excluding hydrogens is 238 g/mol. The lowest BCUT2D eigenvalue weighted by atomic mass is 9.99. The molecule has 3 aromatic rings. The number of carbonyl (C=O) groups is 1. The predicted molar refractivity (Wildman–Crippen MR) is 74.1 cm³/mol. The fraction of sp³-hybridized carbons (Fsp3) is 0. The molecule has 0 aliphatic carbocycles. The summed E-state index contributed by atoms with van der Waals surface area (Å²) < 4.78 is 0. The summed E-state index contributed by atoms with van der Waals surface area (Å²) in [6.07, 6.45) is 1.61. The van der Waals surface area contributed by atoms with Crippen molar-refractivity contribution in [1.82, 2.24) is 4.98 Å². The van der Waals surface area contributed by atoms with Crippen LogP contribution in [0.2, 0.25) is 0 Å². The van der Waals surface area contributed by atoms with E-state index < -0.39 is 5.97 Å². The van der Waals surface area contributed by atoms with Gasteiger partial charge in [0.15, 0.2) is 0 Å². The van der Waals surface area contributed by atoms with Gasteiger partial charge in [-0.2, -0.15) is 0 Å². The number of hydrogen-bond donors (Lipinski definition) is 1. The number of fused-ring (bicyclic) bond motifs is 1. The summed E-state index contributed by atoms with van der Waals surface area (Å²) in [7, 11) is 0. The molecule has 0 radical (unpaired) electrons. The first-order chi connectivity index (χ1) is 9.27. The minimum Gasteiger partial charge on any atom is -0.478 e. The molecule has 1 aromatic heterocycles. The van der Waals surface area contributed by atoms with Gasteiger partial charge >= 0.3 is 5.97 Å². The van der Waals surface area contributed by atoms with Crippen LogP contribution < -0.4 is 0 Å². The second kappa shape index (κ2) is 4.53. The summed E-state index contributed by atoms with van der Waals surface area (Å²) >= 11 is 0. The molecule has 0 spiro atoms. The second-order valence-electron chi connectivity index (χ2n) is 4.23. The van der Waals surface area contributed by atoms with E-state index in [-0.39, 0.29) is 5.56 Å². The summed E-state index contributed by atoms with van der Waals surface area (Å²) in [5.74, 6) is -0.962. The van der Waals surface area contributed by atoms with Gasteiger partial charge in [0.25, 0.3) is 0 Å². The highest BCUT2D eigenvalue weighted by atomic mass is 16.4. The molecule has 0 saturated heterocycles. The molecule has 3 heteroatoms. The van der Waals surface area contributed by atoms with Crippen LogP contribution in [-0.2, 0) is 0 Å². The fourth-order valence-corrected chi connectivity index (χ4v) is 2.22. The molecule has 92 valence electrons. The maximum Gasteiger partial charge on any atom is 0.337 e. The van der Waals surface area contributed by atoms with E-state index in [2.05, 4.69) is 4.98 Å². The Kier molecular flexibility index (Phi) is 2.72. The number of aromatic carboxylic acids is 1. The second-order valence-corrected chi connectivity index (χ2v) is 4.23. The Hall–Kier alpha value is -2.68. The van der Waals surface area contributed by atoms with Crippen LogP contribution in [0.3, 0.4) is 0 Å². The van der Waals surface area contributed by atoms with Crippen LogP contribution in [0.25, 0.3) is 22.0 Å². The molecule has 1 N–H and O–H groups in total. The third kappa shape index (κ3) is 1.95. The maximum absolute atomic E-state index is 11.3. The summed E-state index contributed by atoms with van der Waals surface area (Å²) in [5, 5.41) is 11.3. The SMILES string of the molecule is O=C(O)c1cccnc1-c1cccc2ccccc12. The smallest absolute Gasteiger partial charge is 0.337 e. The summed E-state index contributed by atoms with van der Waals surface area (Å²) in [6, 6.07) is 16.9. The molecule has 0 saturated carbocycles. The topological polar surface area (TPSA) is 50.2 Å². The first-order valence-corrected chi connectivity index (χ1v) is 5.94. The van der Waals surface area contributed by atoms with E-state index in [0.29, 0.717) is 5.69 Å². The van der Waals surface area contributed by atoms with E-state index >= 15 is 0 Å². The molecule has 2 aromatic carbocycles. The van der Waals surface area contributed by atoms with Gasteiger partial charge in [0.05, 0.1) is 11.3 Å². The number of rotatable bonds is 2. The lowest BCUT2D eigenvalue weighted by Gasteiger charge is -2.08. The van der Waals surface area contributed by atoms with Gasteiger partial charge < -0.3 is 5.11 Å². The molecule has 19 heavy (non-hydrogen) atoms. The largest absolute Gasteiger partial charge is 0.478 e. The quantitative estimate of drug-likeness (QED) is 0.754. The number of carboxylic acids is 1. The zero-order valence-electron chi connectivity index (χ0n) is 10.1. The van der Waals surface area contributed by atoms with Gasteiger partial charge in [-0.25, -0.2) is 4.79 Å². The van der Waals surface area contributed by atoms with E-state index in [1.165, 1.54) is 0 Å². The molecule has 1 heterocycles. The van der Waals surface area contributed by atoms with Crippen molar-refractivity contribution >= 4 is 16.7 Å². The molecule has 0 unspecified atom stereocenters. The molecule has 0 atom stereocenters. The van der Waals surface area contributed by atoms with Crippen molar-refractivity contribution < 1.29 is 9.90 Å². The molecule has 3 nitrogen and oxygen atoms in total. The number of nitrogens with zero attached hydrogens (tertiary/aromatic N) is 1. The molecule has 0 fully saturated rings. The Morgan fingerprint density at radius 2 is 1.74 bits per heavy atom. The van der Waals surface area contributed by atoms with Crippen LogP contribution in [0.5, 0.6) is 0 Å². The number of carboxylic acid groups (broad SMARTS) is 1. The van der Waals surface area contributed by atoms with Gasteiger partial charge in [-0.1, -0.05) is 42.5 Å². The van der Waals surface area contributed by atoms with Crippen LogP contribution in [0.4, 0.5) is 0 Å². The number of benzene rings is 2. The van der Waals surface area contributed by atoms with Gasteiger partial charge in [0.1, 0.15) is 0 Å². The predicted octanol–water partition coefficient (Wildman–Crippen LogP) is 3.60. The van der Waals surface area contributed by atoms with Crippen molar-refractivity contribution in [3.8, 4) is 11.3 Å². The molecule has 0 aliphatic heterocycles. The van der Waals surface area contributed by atoms with Crippen LogP contribution in [0.1, 0.15) is 10.4 Å². The Balaban J connectivity index is 2.34. The summed E-state index contributed by atoms with van der Waals surface area (Å²) in [6.45, 7) is 0. The van der Waals surface area contributed by atoms with Gasteiger partial charge in [0, 0.05) is 11.8 Å². The van der Waals surface area contributed by atoms with Crippen molar-refractivity contribution in [1.29, 1.82) is 0 Å². The average molecular weight is 249 g/mol. The molecule has 0 amide bonds. The highest BCUT2D eigenvalue weighted by Gasteiger charge is 2.14. The number of hydrogen-bond acceptors (Lipinski definition) is 2. The Labute approximate surface area is 110 Å². The minimum absolute atomic E-state index is 0.221. The third-order valence-electron chi connectivity index (χ3n) is 3.08. The summed E-state index contributed by atoms with van der Waals surface area (Å²) in [5.41, 5.74) is 1.57. The fourth-order valence-electron chi connectivity index (χ4n) is 2.22. The maximum atomic E-state index is 11.3. The Morgan fingerprint density at radius 1 is 0.947 bits per heavy atom. The summed E-state index contributed by atoms with van der Waals surface area (Å²) in [4.78, 5) is 15.5. The van der Waals surface area contributed by atoms with Gasteiger partial charge in [-0.15, -0.1) is 0 Å². The van der Waals surface area contributed by atoms with Crippen LogP contribution in [0.15, 0.2) is 60.8 Å². The number of pyridine rings is 1. The lowest BCUT2D eigenvalue weighted by Crippen LogP contribution is -2.01. The zero-order chi connectivity index (χ0) is 13.2. The normalized spacial score (nSPS) is 10.5. The van der Waals surface area contributed by atoms with E-state index in [1.54, 1.807) is 18.3 Å². The number of aromatic nitrogens is 1. The Bertz CT molecular complexity index is 760. The zero-order valence-corrected chi connectivity index (χ0v) is 10.1. The van der Waals surface area contributed by atoms with Crippen molar-refractivity contribution in [3.63, 3.8) is 0 Å². The highest BCUT2D eigenvalue weighted by molar-refractivity contribution is 6.02. The van der Waals surface area contributed by atoms with Gasteiger partial charge in [-0.05, 0) is 22.9 Å². The van der Waals surface area contributed by atoms with E-state index in [4.69, 9.17) is 0 Å². The van der Waals surface area contributed by atoms with Crippen molar-refractivity contribution in [2.24, 2.45) is 0 Å². The molecule has 0 bridgehead atoms. The van der Waals surface area contributed by atoms with Gasteiger partial charge in [-0.3, -0.25) is 4.98 Å².